The van der Waals surface area contributed by atoms with Crippen molar-refractivity contribution in [3.63, 3.8) is 0 Å². The first-order valence-corrected chi connectivity index (χ1v) is 9.31. The molecule has 1 heterocycles. The molecular formula is C11H11F4NO4S2. The van der Waals surface area contributed by atoms with Gasteiger partial charge in [0.25, 0.3) is 0 Å². The first-order valence-electron chi connectivity index (χ1n) is 6.00. The monoisotopic (exact) mass is 361 g/mol. The van der Waals surface area contributed by atoms with E-state index in [-0.39, 0.29) is 18.2 Å². The number of halogens is 4. The van der Waals surface area contributed by atoms with Gasteiger partial charge < -0.3 is 0 Å². The minimum Gasteiger partial charge on any atom is -0.229 e. The highest BCUT2D eigenvalue weighted by Crippen LogP contribution is 2.31. The number of alkyl halides is 3. The van der Waals surface area contributed by atoms with Crippen LogP contribution in [0.5, 0.6) is 0 Å². The van der Waals surface area contributed by atoms with Crippen LogP contribution in [0.4, 0.5) is 17.6 Å². The van der Waals surface area contributed by atoms with Crippen LogP contribution in [0.15, 0.2) is 23.1 Å². The van der Waals surface area contributed by atoms with Gasteiger partial charge in [0, 0.05) is 6.04 Å². The Morgan fingerprint density at radius 1 is 1.23 bits per heavy atom. The van der Waals surface area contributed by atoms with Gasteiger partial charge in [0.2, 0.25) is 10.0 Å². The smallest absolute Gasteiger partial charge is 0.229 e. The summed E-state index contributed by atoms with van der Waals surface area (Å²) < 4.78 is 99.7. The fourth-order valence-electron chi connectivity index (χ4n) is 2.06. The van der Waals surface area contributed by atoms with Crippen LogP contribution in [0.25, 0.3) is 0 Å². The Labute approximate surface area is 124 Å². The second-order valence-corrected chi connectivity index (χ2v) is 8.78. The molecular weight excluding hydrogens is 350 g/mol. The molecule has 1 aliphatic heterocycles. The largest absolute Gasteiger partial charge is 0.416 e. The summed E-state index contributed by atoms with van der Waals surface area (Å²) in [5.41, 5.74) is -1.31. The second-order valence-electron chi connectivity index (χ2n) is 4.86. The van der Waals surface area contributed by atoms with E-state index in [1.54, 1.807) is 0 Å². The molecule has 0 bridgehead atoms. The maximum Gasteiger partial charge on any atom is 0.416 e. The van der Waals surface area contributed by atoms with Crippen LogP contribution in [0, 0.1) is 5.82 Å². The minimum atomic E-state index is -4.82. The lowest BCUT2D eigenvalue weighted by Crippen LogP contribution is -2.36. The molecule has 1 aromatic rings. The molecule has 22 heavy (non-hydrogen) atoms. The highest BCUT2D eigenvalue weighted by Gasteiger charge is 2.35. The van der Waals surface area contributed by atoms with Crippen LogP contribution >= 0.6 is 0 Å². The number of nitrogens with one attached hydrogen (secondary N) is 1. The molecule has 0 aromatic heterocycles. The Kier molecular flexibility index (Phi) is 4.26. The topological polar surface area (TPSA) is 80.3 Å². The van der Waals surface area contributed by atoms with Crippen LogP contribution in [0.3, 0.4) is 0 Å². The number of hydrogen-bond acceptors (Lipinski definition) is 4. The Balaban J connectivity index is 2.34. The number of hydrogen-bond donors (Lipinski definition) is 1. The molecule has 1 unspecified atom stereocenters. The third-order valence-corrected chi connectivity index (χ3v) is 6.41. The van der Waals surface area contributed by atoms with Crippen LogP contribution in [-0.2, 0) is 26.0 Å². The maximum absolute atomic E-state index is 13.6. The summed E-state index contributed by atoms with van der Waals surface area (Å²) in [4.78, 5) is -1.16. The zero-order valence-corrected chi connectivity index (χ0v) is 12.5. The van der Waals surface area contributed by atoms with Gasteiger partial charge in [-0.3, -0.25) is 0 Å². The predicted molar refractivity (Wildman–Crippen MR) is 68.8 cm³/mol. The summed E-state index contributed by atoms with van der Waals surface area (Å²) in [7, 11) is -7.99. The Hall–Kier alpha value is -1.20. The summed E-state index contributed by atoms with van der Waals surface area (Å²) in [5.74, 6) is -2.04. The molecule has 5 nitrogen and oxygen atoms in total. The molecule has 124 valence electrons. The van der Waals surface area contributed by atoms with Gasteiger partial charge in [-0.25, -0.2) is 25.9 Å². The van der Waals surface area contributed by atoms with Gasteiger partial charge in [-0.1, -0.05) is 0 Å². The van der Waals surface area contributed by atoms with E-state index < -0.39 is 54.1 Å². The fourth-order valence-corrected chi connectivity index (χ4v) is 5.21. The van der Waals surface area contributed by atoms with E-state index in [0.717, 1.165) is 0 Å². The molecule has 2 rings (SSSR count). The van der Waals surface area contributed by atoms with E-state index in [1.165, 1.54) is 0 Å². The van der Waals surface area contributed by atoms with Crippen molar-refractivity contribution in [3.8, 4) is 0 Å². The van der Waals surface area contributed by atoms with Gasteiger partial charge in [-0.2, -0.15) is 13.2 Å². The molecule has 1 aromatic carbocycles. The van der Waals surface area contributed by atoms with Gasteiger partial charge >= 0.3 is 6.18 Å². The van der Waals surface area contributed by atoms with Crippen molar-refractivity contribution in [2.24, 2.45) is 0 Å². The van der Waals surface area contributed by atoms with Crippen molar-refractivity contribution in [1.82, 2.24) is 4.72 Å². The number of sulfonamides is 1. The van der Waals surface area contributed by atoms with Crippen LogP contribution < -0.4 is 4.72 Å². The van der Waals surface area contributed by atoms with E-state index >= 15 is 0 Å². The molecule has 1 N–H and O–H groups in total. The van der Waals surface area contributed by atoms with Crippen LogP contribution in [-0.4, -0.2) is 34.4 Å². The highest BCUT2D eigenvalue weighted by atomic mass is 32.2. The third kappa shape index (κ3) is 3.76. The van der Waals surface area contributed by atoms with E-state index in [9.17, 15) is 34.4 Å². The summed E-state index contributed by atoms with van der Waals surface area (Å²) in [6.07, 6.45) is -4.84. The molecule has 1 saturated heterocycles. The molecule has 0 aliphatic carbocycles. The molecule has 1 atom stereocenters. The number of benzene rings is 1. The molecule has 0 spiro atoms. The van der Waals surface area contributed by atoms with Crippen molar-refractivity contribution in [1.29, 1.82) is 0 Å². The lowest BCUT2D eigenvalue weighted by molar-refractivity contribution is -0.137. The average molecular weight is 361 g/mol. The number of sulfone groups is 1. The standard InChI is InChI=1S/C11H11F4NO4S2/c12-9-2-1-7(11(13,14)15)5-10(9)22(19,20)16-8-3-4-21(17,18)6-8/h1-2,5,8,16H,3-4,6H2. The molecule has 0 saturated carbocycles. The molecule has 0 radical (unpaired) electrons. The van der Waals surface area contributed by atoms with Crippen LogP contribution in [0.2, 0.25) is 0 Å². The second kappa shape index (κ2) is 5.46. The van der Waals surface area contributed by atoms with Crippen molar-refractivity contribution >= 4 is 19.9 Å². The summed E-state index contributed by atoms with van der Waals surface area (Å²) in [6.45, 7) is 0. The molecule has 11 heteroatoms. The Morgan fingerprint density at radius 3 is 2.36 bits per heavy atom. The lowest BCUT2D eigenvalue weighted by Gasteiger charge is -2.14. The first kappa shape index (κ1) is 17.2. The number of rotatable bonds is 3. The third-order valence-electron chi connectivity index (χ3n) is 3.10. The molecule has 0 amide bonds. The van der Waals surface area contributed by atoms with Gasteiger partial charge in [-0.15, -0.1) is 0 Å². The van der Waals surface area contributed by atoms with E-state index in [2.05, 4.69) is 0 Å². The summed E-state index contributed by atoms with van der Waals surface area (Å²) in [6, 6.07) is 0.0297. The SMILES string of the molecule is O=S1(=O)CCC(NS(=O)(=O)c2cc(C(F)(F)F)ccc2F)C1. The predicted octanol–water partition coefficient (Wildman–Crippen LogP) is 1.31. The van der Waals surface area contributed by atoms with Crippen molar-refractivity contribution in [3.05, 3.63) is 29.6 Å². The zero-order valence-electron chi connectivity index (χ0n) is 10.9. The lowest BCUT2D eigenvalue weighted by atomic mass is 10.2. The van der Waals surface area contributed by atoms with E-state index in [4.69, 9.17) is 0 Å². The van der Waals surface area contributed by atoms with E-state index in [0.29, 0.717) is 12.1 Å². The normalized spacial score (nSPS) is 21.9. The van der Waals surface area contributed by atoms with E-state index in [1.807, 2.05) is 4.72 Å². The summed E-state index contributed by atoms with van der Waals surface area (Å²) in [5, 5.41) is 0. The first-order chi connectivity index (χ1) is 9.91. The summed E-state index contributed by atoms with van der Waals surface area (Å²) >= 11 is 0. The highest BCUT2D eigenvalue weighted by molar-refractivity contribution is 7.92. The van der Waals surface area contributed by atoms with Crippen molar-refractivity contribution in [2.75, 3.05) is 11.5 Å². The van der Waals surface area contributed by atoms with Crippen LogP contribution in [0.1, 0.15) is 12.0 Å². The average Bonchev–Trinajstić information content (AvgIpc) is 2.66. The van der Waals surface area contributed by atoms with Gasteiger partial charge in [0.15, 0.2) is 9.84 Å². The molecule has 1 aliphatic rings. The fraction of sp³-hybridized carbons (Fsp3) is 0.455. The Morgan fingerprint density at radius 2 is 1.86 bits per heavy atom. The van der Waals surface area contributed by atoms with Crippen molar-refractivity contribution < 1.29 is 34.4 Å². The van der Waals surface area contributed by atoms with Gasteiger partial charge in [-0.05, 0) is 24.6 Å². The Bertz CT molecular complexity index is 787. The zero-order chi connectivity index (χ0) is 16.8. The quantitative estimate of drug-likeness (QED) is 0.824. The van der Waals surface area contributed by atoms with Gasteiger partial charge in [0.05, 0.1) is 17.1 Å². The van der Waals surface area contributed by atoms with Gasteiger partial charge in [0.1, 0.15) is 10.7 Å². The minimum absolute atomic E-state index is 0.0118. The maximum atomic E-state index is 13.6. The van der Waals surface area contributed by atoms with Crippen molar-refractivity contribution in [2.45, 2.75) is 23.5 Å². The molecule has 1 fully saturated rings.